The van der Waals surface area contributed by atoms with Crippen molar-refractivity contribution in [2.24, 2.45) is 17.8 Å². The Labute approximate surface area is 99.2 Å². The minimum absolute atomic E-state index is 0.113. The summed E-state index contributed by atoms with van der Waals surface area (Å²) in [7, 11) is 0. The summed E-state index contributed by atoms with van der Waals surface area (Å²) in [5.41, 5.74) is 0. The highest BCUT2D eigenvalue weighted by Crippen LogP contribution is 2.18. The lowest BCUT2D eigenvalue weighted by Gasteiger charge is -2.26. The molecule has 0 fully saturated rings. The van der Waals surface area contributed by atoms with Gasteiger partial charge in [-0.25, -0.2) is 0 Å². The maximum Gasteiger partial charge on any atom is 0.308 e. The second-order valence-corrected chi connectivity index (χ2v) is 5.42. The lowest BCUT2D eigenvalue weighted by atomic mass is 9.95. The molecule has 0 saturated carbocycles. The van der Waals surface area contributed by atoms with Crippen molar-refractivity contribution in [1.82, 2.24) is 0 Å². The van der Waals surface area contributed by atoms with Crippen molar-refractivity contribution in [3.8, 4) is 0 Å². The Hall–Kier alpha value is -0.570. The average Bonchev–Trinajstić information content (AvgIpc) is 2.15. The van der Waals surface area contributed by atoms with Crippen LogP contribution < -0.4 is 0 Å². The molecule has 0 spiro atoms. The smallest absolute Gasteiger partial charge is 0.308 e. The van der Waals surface area contributed by atoms with Crippen molar-refractivity contribution in [3.05, 3.63) is 0 Å². The van der Waals surface area contributed by atoms with Gasteiger partial charge in [-0.05, 0) is 11.8 Å². The molecule has 0 aliphatic rings. The Balaban J connectivity index is 4.34. The fourth-order valence-corrected chi connectivity index (χ4v) is 1.25. The summed E-state index contributed by atoms with van der Waals surface area (Å²) in [6.45, 7) is 11.6. The van der Waals surface area contributed by atoms with Crippen molar-refractivity contribution in [2.75, 3.05) is 0 Å². The standard InChI is InChI=1S/C13H26O3/c1-8(2)11(14)7-12(9(3)4)16-13(15)10(5)6/h8-12,14H,7H2,1-6H3/t11-,12-/m1/s1. The van der Waals surface area contributed by atoms with Crippen LogP contribution in [-0.4, -0.2) is 23.3 Å². The lowest BCUT2D eigenvalue weighted by molar-refractivity contribution is -0.157. The van der Waals surface area contributed by atoms with E-state index in [1.54, 1.807) is 0 Å². The Morgan fingerprint density at radius 2 is 1.56 bits per heavy atom. The van der Waals surface area contributed by atoms with Crippen molar-refractivity contribution >= 4 is 5.97 Å². The molecule has 0 unspecified atom stereocenters. The van der Waals surface area contributed by atoms with E-state index < -0.39 is 6.10 Å². The quantitative estimate of drug-likeness (QED) is 0.713. The van der Waals surface area contributed by atoms with Crippen LogP contribution in [0.2, 0.25) is 0 Å². The number of hydrogen-bond acceptors (Lipinski definition) is 3. The predicted molar refractivity (Wildman–Crippen MR) is 65.0 cm³/mol. The van der Waals surface area contributed by atoms with Crippen LogP contribution in [0.3, 0.4) is 0 Å². The van der Waals surface area contributed by atoms with E-state index in [1.807, 2.05) is 41.5 Å². The zero-order valence-corrected chi connectivity index (χ0v) is 11.4. The van der Waals surface area contributed by atoms with Gasteiger partial charge in [0, 0.05) is 6.42 Å². The highest BCUT2D eigenvalue weighted by molar-refractivity contribution is 5.71. The SMILES string of the molecule is CC(C)C(=O)O[C@H](C[C@@H](O)C(C)C)C(C)C. The first-order valence-corrected chi connectivity index (χ1v) is 6.14. The number of carbonyl (C=O) groups excluding carboxylic acids is 1. The van der Waals surface area contributed by atoms with Crippen LogP contribution in [0.5, 0.6) is 0 Å². The monoisotopic (exact) mass is 230 g/mol. The van der Waals surface area contributed by atoms with Crippen molar-refractivity contribution in [3.63, 3.8) is 0 Å². The zero-order valence-electron chi connectivity index (χ0n) is 11.4. The number of hydrogen-bond donors (Lipinski definition) is 1. The predicted octanol–water partition coefficient (Wildman–Crippen LogP) is 2.62. The molecule has 96 valence electrons. The molecule has 3 heteroatoms. The Morgan fingerprint density at radius 3 is 1.88 bits per heavy atom. The van der Waals surface area contributed by atoms with E-state index in [0.29, 0.717) is 6.42 Å². The Morgan fingerprint density at radius 1 is 1.06 bits per heavy atom. The number of esters is 1. The fourth-order valence-electron chi connectivity index (χ4n) is 1.25. The molecule has 0 aliphatic carbocycles. The third-order valence-electron chi connectivity index (χ3n) is 2.73. The van der Waals surface area contributed by atoms with Gasteiger partial charge in [0.05, 0.1) is 12.0 Å². The van der Waals surface area contributed by atoms with Gasteiger partial charge in [-0.3, -0.25) is 4.79 Å². The first kappa shape index (κ1) is 15.4. The maximum absolute atomic E-state index is 11.5. The number of carbonyl (C=O) groups is 1. The average molecular weight is 230 g/mol. The molecule has 0 saturated heterocycles. The number of aliphatic hydroxyl groups excluding tert-OH is 1. The highest BCUT2D eigenvalue weighted by Gasteiger charge is 2.24. The molecule has 0 rings (SSSR count). The van der Waals surface area contributed by atoms with Gasteiger partial charge in [-0.15, -0.1) is 0 Å². The molecule has 1 N–H and O–H groups in total. The van der Waals surface area contributed by atoms with Crippen LogP contribution in [-0.2, 0) is 9.53 Å². The summed E-state index contributed by atoms with van der Waals surface area (Å²) in [4.78, 5) is 11.5. The maximum atomic E-state index is 11.5. The first-order valence-electron chi connectivity index (χ1n) is 6.14. The lowest BCUT2D eigenvalue weighted by Crippen LogP contribution is -2.31. The molecule has 2 atom stereocenters. The molecular formula is C13H26O3. The van der Waals surface area contributed by atoms with Gasteiger partial charge in [-0.1, -0.05) is 41.5 Å². The van der Waals surface area contributed by atoms with Crippen LogP contribution in [0.1, 0.15) is 48.0 Å². The van der Waals surface area contributed by atoms with Crippen molar-refractivity contribution < 1.29 is 14.6 Å². The number of rotatable bonds is 6. The second kappa shape index (κ2) is 6.89. The van der Waals surface area contributed by atoms with E-state index in [2.05, 4.69) is 0 Å². The summed E-state index contributed by atoms with van der Waals surface area (Å²) in [6.07, 6.45) is -0.0759. The minimum atomic E-state index is -0.410. The van der Waals surface area contributed by atoms with Gasteiger partial charge >= 0.3 is 5.97 Å². The molecule has 0 bridgehead atoms. The van der Waals surface area contributed by atoms with Crippen LogP contribution in [0.4, 0.5) is 0 Å². The molecule has 0 aromatic rings. The van der Waals surface area contributed by atoms with E-state index in [9.17, 15) is 9.90 Å². The summed E-state index contributed by atoms with van der Waals surface area (Å²) in [5.74, 6) is 0.127. The molecule has 0 aromatic heterocycles. The van der Waals surface area contributed by atoms with E-state index in [0.717, 1.165) is 0 Å². The van der Waals surface area contributed by atoms with Gasteiger partial charge < -0.3 is 9.84 Å². The van der Waals surface area contributed by atoms with Gasteiger partial charge in [0.15, 0.2) is 0 Å². The van der Waals surface area contributed by atoms with Gasteiger partial charge in [0.25, 0.3) is 0 Å². The fraction of sp³-hybridized carbons (Fsp3) is 0.923. The van der Waals surface area contributed by atoms with Crippen LogP contribution >= 0.6 is 0 Å². The summed E-state index contributed by atoms with van der Waals surface area (Å²) in [5, 5.41) is 9.81. The third-order valence-corrected chi connectivity index (χ3v) is 2.73. The van der Waals surface area contributed by atoms with Crippen LogP contribution in [0, 0.1) is 17.8 Å². The highest BCUT2D eigenvalue weighted by atomic mass is 16.5. The van der Waals surface area contributed by atoms with Gasteiger partial charge in [0.2, 0.25) is 0 Å². The van der Waals surface area contributed by atoms with E-state index >= 15 is 0 Å². The van der Waals surface area contributed by atoms with E-state index in [4.69, 9.17) is 4.74 Å². The molecule has 0 aliphatic heterocycles. The van der Waals surface area contributed by atoms with E-state index in [-0.39, 0.29) is 29.8 Å². The van der Waals surface area contributed by atoms with Crippen LogP contribution in [0.25, 0.3) is 0 Å². The van der Waals surface area contributed by atoms with Crippen molar-refractivity contribution in [2.45, 2.75) is 60.2 Å². The normalized spacial score (nSPS) is 15.6. The molecule has 0 heterocycles. The largest absolute Gasteiger partial charge is 0.462 e. The zero-order chi connectivity index (χ0) is 12.9. The van der Waals surface area contributed by atoms with Crippen LogP contribution in [0.15, 0.2) is 0 Å². The summed E-state index contributed by atoms with van der Waals surface area (Å²) < 4.78 is 5.40. The van der Waals surface area contributed by atoms with Crippen molar-refractivity contribution in [1.29, 1.82) is 0 Å². The molecular weight excluding hydrogens is 204 g/mol. The Kier molecular flexibility index (Phi) is 6.65. The topological polar surface area (TPSA) is 46.5 Å². The number of ether oxygens (including phenoxy) is 1. The molecule has 0 radical (unpaired) electrons. The van der Waals surface area contributed by atoms with Gasteiger partial charge in [-0.2, -0.15) is 0 Å². The molecule has 16 heavy (non-hydrogen) atoms. The minimum Gasteiger partial charge on any atom is -0.462 e. The second-order valence-electron chi connectivity index (χ2n) is 5.42. The molecule has 3 nitrogen and oxygen atoms in total. The first-order chi connectivity index (χ1) is 7.25. The van der Waals surface area contributed by atoms with E-state index in [1.165, 1.54) is 0 Å². The third kappa shape index (κ3) is 5.50. The van der Waals surface area contributed by atoms with Gasteiger partial charge in [0.1, 0.15) is 6.10 Å². The summed E-state index contributed by atoms with van der Waals surface area (Å²) in [6, 6.07) is 0. The molecule has 0 amide bonds. The number of aliphatic hydroxyl groups is 1. The molecule has 0 aromatic carbocycles. The summed E-state index contributed by atoms with van der Waals surface area (Å²) >= 11 is 0. The Bertz CT molecular complexity index is 209.